The van der Waals surface area contributed by atoms with Crippen LogP contribution in [-0.4, -0.2) is 21.8 Å². The Morgan fingerprint density at radius 1 is 1.06 bits per heavy atom. The van der Waals surface area contributed by atoms with E-state index in [1.807, 2.05) is 0 Å². The van der Waals surface area contributed by atoms with E-state index in [0.29, 0.717) is 30.2 Å². The van der Waals surface area contributed by atoms with E-state index in [0.717, 1.165) is 30.9 Å². The molecule has 5 nitrogen and oxygen atoms in total. The Balaban J connectivity index is 1.50. The summed E-state index contributed by atoms with van der Waals surface area (Å²) < 4.78 is 27.6. The zero-order chi connectivity index (χ0) is 21.8. The second-order valence-electron chi connectivity index (χ2n) is 9.91. The molecule has 1 amide bonds. The van der Waals surface area contributed by atoms with Gasteiger partial charge in [0, 0.05) is 36.7 Å². The minimum absolute atomic E-state index is 0.0196. The number of H-pyrrole nitrogens is 1. The summed E-state index contributed by atoms with van der Waals surface area (Å²) in [6.45, 7) is 0. The van der Waals surface area contributed by atoms with E-state index in [-0.39, 0.29) is 41.2 Å². The number of carbonyl (C=O) groups is 1. The van der Waals surface area contributed by atoms with E-state index in [2.05, 4.69) is 9.97 Å². The highest BCUT2D eigenvalue weighted by Gasteiger charge is 2.45. The van der Waals surface area contributed by atoms with Crippen molar-refractivity contribution in [1.82, 2.24) is 9.97 Å². The maximum atomic E-state index is 13.8. The zero-order valence-corrected chi connectivity index (χ0v) is 17.6. The Kier molecular flexibility index (Phi) is 5.10. The Morgan fingerprint density at radius 3 is 2.45 bits per heavy atom. The number of nitrogens with zero attached hydrogens (tertiary/aromatic N) is 1. The number of carbonyl (C=O) groups excluding carboxylic acids is 1. The predicted molar refractivity (Wildman–Crippen MR) is 114 cm³/mol. The minimum atomic E-state index is -2.54. The maximum Gasteiger partial charge on any atom is 0.268 e. The molecule has 2 heterocycles. The molecule has 0 bridgehead atoms. The Labute approximate surface area is 179 Å². The molecule has 3 aliphatic rings. The second-order valence-corrected chi connectivity index (χ2v) is 9.91. The highest BCUT2D eigenvalue weighted by Crippen LogP contribution is 2.54. The van der Waals surface area contributed by atoms with Gasteiger partial charge < -0.3 is 10.7 Å². The van der Waals surface area contributed by atoms with Gasteiger partial charge in [-0.2, -0.15) is 0 Å². The molecule has 0 aromatic carbocycles. The van der Waals surface area contributed by atoms with E-state index in [1.165, 1.54) is 19.0 Å². The number of fused-ring (bicyclic) bond motifs is 1. The SMILES string of the molecule is NC(=O)c1nccc2[nH]c(C3CCC(C4CC4)CC3C3CCC(F)(F)CC3)cc(=O)c12. The topological polar surface area (TPSA) is 88.8 Å². The number of alkyl halides is 2. The molecule has 3 fully saturated rings. The molecule has 3 N–H and O–H groups in total. The van der Waals surface area contributed by atoms with Gasteiger partial charge >= 0.3 is 0 Å². The third kappa shape index (κ3) is 3.99. The van der Waals surface area contributed by atoms with Crippen LogP contribution in [0.25, 0.3) is 10.9 Å². The van der Waals surface area contributed by atoms with Crippen molar-refractivity contribution in [2.45, 2.75) is 69.6 Å². The van der Waals surface area contributed by atoms with E-state index in [1.54, 1.807) is 12.1 Å². The summed E-state index contributed by atoms with van der Waals surface area (Å²) in [6, 6.07) is 3.28. The summed E-state index contributed by atoms with van der Waals surface area (Å²) in [5.41, 5.74) is 6.54. The van der Waals surface area contributed by atoms with Crippen LogP contribution >= 0.6 is 0 Å². The molecular formula is C24H29F2N3O2. The number of hydrogen-bond acceptors (Lipinski definition) is 3. The van der Waals surface area contributed by atoms with E-state index in [4.69, 9.17) is 5.73 Å². The van der Waals surface area contributed by atoms with Crippen LogP contribution in [0.15, 0.2) is 23.1 Å². The van der Waals surface area contributed by atoms with E-state index in [9.17, 15) is 18.4 Å². The van der Waals surface area contributed by atoms with Crippen molar-refractivity contribution in [3.63, 3.8) is 0 Å². The van der Waals surface area contributed by atoms with Gasteiger partial charge in [0.05, 0.1) is 10.9 Å². The van der Waals surface area contributed by atoms with E-state index < -0.39 is 11.8 Å². The number of amides is 1. The van der Waals surface area contributed by atoms with Crippen LogP contribution in [0, 0.1) is 23.7 Å². The monoisotopic (exact) mass is 429 g/mol. The lowest BCUT2D eigenvalue weighted by atomic mass is 9.63. The van der Waals surface area contributed by atoms with Crippen molar-refractivity contribution in [3.05, 3.63) is 39.9 Å². The highest BCUT2D eigenvalue weighted by molar-refractivity contribution is 6.03. The van der Waals surface area contributed by atoms with Crippen molar-refractivity contribution in [1.29, 1.82) is 0 Å². The maximum absolute atomic E-state index is 13.8. The van der Waals surface area contributed by atoms with Gasteiger partial charge in [0.15, 0.2) is 5.43 Å². The summed E-state index contributed by atoms with van der Waals surface area (Å²) in [5, 5.41) is 0.222. The lowest BCUT2D eigenvalue weighted by molar-refractivity contribution is -0.0576. The fourth-order valence-corrected chi connectivity index (χ4v) is 6.24. The molecule has 0 spiro atoms. The van der Waals surface area contributed by atoms with Gasteiger partial charge in [-0.25, -0.2) is 8.78 Å². The molecule has 0 aliphatic heterocycles. The first-order valence-corrected chi connectivity index (χ1v) is 11.5. The molecule has 3 saturated carbocycles. The summed E-state index contributed by atoms with van der Waals surface area (Å²) in [5.74, 6) is -1.06. The fourth-order valence-electron chi connectivity index (χ4n) is 6.24. The van der Waals surface area contributed by atoms with Gasteiger partial charge in [-0.3, -0.25) is 14.6 Å². The average Bonchev–Trinajstić information content (AvgIpc) is 3.58. The average molecular weight is 430 g/mol. The molecule has 3 aliphatic carbocycles. The van der Waals surface area contributed by atoms with Crippen LogP contribution < -0.4 is 11.2 Å². The van der Waals surface area contributed by atoms with Gasteiger partial charge in [0.25, 0.3) is 5.91 Å². The Bertz CT molecular complexity index is 1050. The van der Waals surface area contributed by atoms with Gasteiger partial charge in [-0.1, -0.05) is 0 Å². The molecule has 3 atom stereocenters. The number of primary amides is 1. The first kappa shape index (κ1) is 20.6. The number of rotatable bonds is 4. The zero-order valence-electron chi connectivity index (χ0n) is 17.6. The van der Waals surface area contributed by atoms with Gasteiger partial charge in [0.1, 0.15) is 5.69 Å². The lowest BCUT2D eigenvalue weighted by Crippen LogP contribution is -2.35. The molecule has 31 heavy (non-hydrogen) atoms. The van der Waals surface area contributed by atoms with Gasteiger partial charge in [0.2, 0.25) is 5.92 Å². The van der Waals surface area contributed by atoms with Crippen LogP contribution in [-0.2, 0) is 0 Å². The predicted octanol–water partition coefficient (Wildman–Crippen LogP) is 4.76. The van der Waals surface area contributed by atoms with Gasteiger partial charge in [-0.15, -0.1) is 0 Å². The third-order valence-electron chi connectivity index (χ3n) is 7.99. The molecule has 5 rings (SSSR count). The third-order valence-corrected chi connectivity index (χ3v) is 7.99. The minimum Gasteiger partial charge on any atom is -0.364 e. The number of pyridine rings is 2. The van der Waals surface area contributed by atoms with Crippen molar-refractivity contribution >= 4 is 16.8 Å². The number of nitrogens with one attached hydrogen (secondary N) is 1. The molecule has 2 aromatic heterocycles. The second kappa shape index (κ2) is 7.68. The van der Waals surface area contributed by atoms with Crippen LogP contribution in [0.5, 0.6) is 0 Å². The smallest absolute Gasteiger partial charge is 0.268 e. The lowest BCUT2D eigenvalue weighted by Gasteiger charge is -2.43. The first-order chi connectivity index (χ1) is 14.8. The molecule has 0 radical (unpaired) electrons. The van der Waals surface area contributed by atoms with Crippen LogP contribution in [0.2, 0.25) is 0 Å². The van der Waals surface area contributed by atoms with Crippen molar-refractivity contribution in [2.75, 3.05) is 0 Å². The molecule has 166 valence electrons. The molecule has 0 saturated heterocycles. The number of hydrogen-bond donors (Lipinski definition) is 2. The summed E-state index contributed by atoms with van der Waals surface area (Å²) in [4.78, 5) is 32.0. The quantitative estimate of drug-likeness (QED) is 0.735. The van der Waals surface area contributed by atoms with Crippen LogP contribution in [0.3, 0.4) is 0 Å². The Morgan fingerprint density at radius 2 is 1.77 bits per heavy atom. The summed E-state index contributed by atoms with van der Waals surface area (Å²) >= 11 is 0. The van der Waals surface area contributed by atoms with Crippen molar-refractivity contribution in [3.8, 4) is 0 Å². The van der Waals surface area contributed by atoms with Gasteiger partial charge in [-0.05, 0) is 74.7 Å². The number of aromatic amines is 1. The number of halogens is 2. The van der Waals surface area contributed by atoms with E-state index >= 15 is 0 Å². The standard InChI is InChI=1S/C24H29F2N3O2/c25-24(26)8-5-14(6-9-24)17-11-15(13-1-2-13)3-4-16(17)19-12-20(30)21-18(29-19)7-10-28-22(21)23(27)31/h7,10,12-17H,1-6,8-9,11H2,(H2,27,31)(H,29,30). The molecular weight excluding hydrogens is 400 g/mol. The number of nitrogens with two attached hydrogens (primary N) is 1. The normalized spacial score (nSPS) is 29.2. The largest absolute Gasteiger partial charge is 0.364 e. The number of aromatic nitrogens is 2. The van der Waals surface area contributed by atoms with Crippen LogP contribution in [0.1, 0.15) is 79.9 Å². The van der Waals surface area contributed by atoms with Crippen molar-refractivity contribution in [2.24, 2.45) is 29.4 Å². The fraction of sp³-hybridized carbons (Fsp3) is 0.625. The Hall–Kier alpha value is -2.31. The summed E-state index contributed by atoms with van der Waals surface area (Å²) in [6.07, 6.45) is 8.26. The highest BCUT2D eigenvalue weighted by atomic mass is 19.3. The molecule has 7 heteroatoms. The summed E-state index contributed by atoms with van der Waals surface area (Å²) in [7, 11) is 0. The van der Waals surface area contributed by atoms with Crippen molar-refractivity contribution < 1.29 is 13.6 Å². The van der Waals surface area contributed by atoms with Crippen LogP contribution in [0.4, 0.5) is 8.78 Å². The molecule has 2 aromatic rings. The molecule has 3 unspecified atom stereocenters. The first-order valence-electron chi connectivity index (χ1n) is 11.5.